The summed E-state index contributed by atoms with van der Waals surface area (Å²) in [5.41, 5.74) is 7.57. The van der Waals surface area contributed by atoms with Gasteiger partial charge in [-0.1, -0.05) is 0 Å². The Hall–Kier alpha value is -3.07. The lowest BCUT2D eigenvalue weighted by Crippen LogP contribution is -2.20. The fourth-order valence-corrected chi connectivity index (χ4v) is 2.80. The van der Waals surface area contributed by atoms with Gasteiger partial charge in [0, 0.05) is 35.5 Å². The first-order valence-corrected chi connectivity index (χ1v) is 8.29. The molecule has 0 spiro atoms. The molecule has 8 nitrogen and oxygen atoms in total. The molecule has 0 unspecified atom stereocenters. The summed E-state index contributed by atoms with van der Waals surface area (Å²) in [6.07, 6.45) is 0. The van der Waals surface area contributed by atoms with E-state index < -0.39 is 0 Å². The average Bonchev–Trinajstić information content (AvgIpc) is 3.01. The van der Waals surface area contributed by atoms with Crippen molar-refractivity contribution in [2.45, 2.75) is 17.0 Å². The Labute approximate surface area is 148 Å². The Morgan fingerprint density at radius 1 is 1.16 bits per heavy atom. The van der Waals surface area contributed by atoms with Crippen molar-refractivity contribution in [2.24, 2.45) is 0 Å². The molecule has 3 rings (SSSR count). The molecule has 0 radical (unpaired) electrons. The summed E-state index contributed by atoms with van der Waals surface area (Å²) in [5, 5.41) is 13.0. The summed E-state index contributed by atoms with van der Waals surface area (Å²) in [6.45, 7) is 1.90. The molecule has 0 fully saturated rings. The van der Waals surface area contributed by atoms with Gasteiger partial charge in [-0.25, -0.2) is 9.97 Å². The van der Waals surface area contributed by atoms with Crippen LogP contribution >= 0.6 is 11.8 Å². The molecule has 5 N–H and O–H groups in total. The first-order valence-electron chi connectivity index (χ1n) is 7.47. The summed E-state index contributed by atoms with van der Waals surface area (Å²) < 4.78 is 0. The van der Waals surface area contributed by atoms with Crippen LogP contribution in [0.2, 0.25) is 0 Å². The number of amides is 1. The first kappa shape index (κ1) is 16.8. The fourth-order valence-electron chi connectivity index (χ4n) is 2.03. The molecule has 25 heavy (non-hydrogen) atoms. The molecular formula is C16H17N7OS. The third-order valence-electron chi connectivity index (χ3n) is 3.22. The first-order chi connectivity index (χ1) is 12.0. The van der Waals surface area contributed by atoms with E-state index in [-0.39, 0.29) is 11.6 Å². The summed E-state index contributed by atoms with van der Waals surface area (Å²) in [6, 6.07) is 10.8. The standard InChI is InChI=1S/C16H17N7OS/c1-9-7-14(23-22-9)20-13-8-12(15(24)18-2)19-16(21-13)25-11-5-3-10(17)4-6-11/h3-8H,17H2,1-2H3,(H,18,24)(H2,19,20,21,22,23). The highest BCUT2D eigenvalue weighted by atomic mass is 32.2. The zero-order chi connectivity index (χ0) is 17.8. The number of aryl methyl sites for hydroxylation is 1. The minimum atomic E-state index is -0.289. The highest BCUT2D eigenvalue weighted by Gasteiger charge is 2.12. The molecule has 0 saturated heterocycles. The highest BCUT2D eigenvalue weighted by molar-refractivity contribution is 7.99. The van der Waals surface area contributed by atoms with Crippen molar-refractivity contribution in [1.29, 1.82) is 0 Å². The molecule has 2 aromatic heterocycles. The van der Waals surface area contributed by atoms with Crippen LogP contribution in [0.15, 0.2) is 46.5 Å². The molecule has 3 aromatic rings. The Kier molecular flexibility index (Phi) is 4.85. The van der Waals surface area contributed by atoms with Gasteiger partial charge in [0.25, 0.3) is 5.91 Å². The second-order valence-corrected chi connectivity index (χ2v) is 6.27. The van der Waals surface area contributed by atoms with Crippen LogP contribution in [0.25, 0.3) is 0 Å². The van der Waals surface area contributed by atoms with Gasteiger partial charge in [-0.3, -0.25) is 9.89 Å². The van der Waals surface area contributed by atoms with Crippen molar-refractivity contribution in [1.82, 2.24) is 25.5 Å². The van der Waals surface area contributed by atoms with Gasteiger partial charge in [-0.15, -0.1) is 0 Å². The van der Waals surface area contributed by atoms with E-state index in [1.807, 2.05) is 25.1 Å². The van der Waals surface area contributed by atoms with Crippen molar-refractivity contribution in [3.8, 4) is 0 Å². The minimum absolute atomic E-state index is 0.269. The van der Waals surface area contributed by atoms with Crippen LogP contribution in [0, 0.1) is 6.92 Å². The van der Waals surface area contributed by atoms with Gasteiger partial charge in [0.15, 0.2) is 11.0 Å². The Bertz CT molecular complexity index is 892. The van der Waals surface area contributed by atoms with E-state index in [9.17, 15) is 4.79 Å². The second-order valence-electron chi connectivity index (χ2n) is 5.23. The number of hydrogen-bond acceptors (Lipinski definition) is 7. The van der Waals surface area contributed by atoms with Crippen molar-refractivity contribution in [3.05, 3.63) is 47.8 Å². The smallest absolute Gasteiger partial charge is 0.269 e. The van der Waals surface area contributed by atoms with Crippen LogP contribution in [0.1, 0.15) is 16.2 Å². The number of nitrogens with two attached hydrogens (primary N) is 1. The maximum Gasteiger partial charge on any atom is 0.269 e. The van der Waals surface area contributed by atoms with Crippen LogP contribution in [-0.4, -0.2) is 33.1 Å². The van der Waals surface area contributed by atoms with E-state index in [1.54, 1.807) is 25.2 Å². The summed E-state index contributed by atoms with van der Waals surface area (Å²) in [5.74, 6) is 0.809. The van der Waals surface area contributed by atoms with Crippen LogP contribution in [0.4, 0.5) is 17.3 Å². The van der Waals surface area contributed by atoms with Gasteiger partial charge in [0.2, 0.25) is 0 Å². The average molecular weight is 355 g/mol. The van der Waals surface area contributed by atoms with Crippen molar-refractivity contribution >= 4 is 35.0 Å². The van der Waals surface area contributed by atoms with E-state index in [0.29, 0.717) is 22.5 Å². The van der Waals surface area contributed by atoms with Crippen molar-refractivity contribution in [3.63, 3.8) is 0 Å². The number of hydrogen-bond donors (Lipinski definition) is 4. The van der Waals surface area contributed by atoms with E-state index in [0.717, 1.165) is 10.6 Å². The molecule has 0 aliphatic rings. The molecule has 0 atom stereocenters. The SMILES string of the molecule is CNC(=O)c1cc(Nc2cc(C)[nH]n2)nc(Sc2ccc(N)cc2)n1. The van der Waals surface area contributed by atoms with Crippen molar-refractivity contribution < 1.29 is 4.79 Å². The van der Waals surface area contributed by atoms with E-state index in [4.69, 9.17) is 5.73 Å². The predicted molar refractivity (Wildman–Crippen MR) is 97.0 cm³/mol. The van der Waals surface area contributed by atoms with Gasteiger partial charge in [0.1, 0.15) is 11.5 Å². The maximum atomic E-state index is 12.0. The molecule has 2 heterocycles. The third-order valence-corrected chi connectivity index (χ3v) is 4.09. The molecule has 0 saturated carbocycles. The number of H-pyrrole nitrogens is 1. The Morgan fingerprint density at radius 3 is 2.56 bits per heavy atom. The molecule has 1 aromatic carbocycles. The number of nitrogens with one attached hydrogen (secondary N) is 3. The minimum Gasteiger partial charge on any atom is -0.399 e. The van der Waals surface area contributed by atoms with E-state index in [1.165, 1.54) is 11.8 Å². The summed E-state index contributed by atoms with van der Waals surface area (Å²) >= 11 is 1.34. The van der Waals surface area contributed by atoms with Gasteiger partial charge in [0.05, 0.1) is 0 Å². The van der Waals surface area contributed by atoms with E-state index >= 15 is 0 Å². The molecule has 9 heteroatoms. The number of rotatable bonds is 5. The lowest BCUT2D eigenvalue weighted by atomic mass is 10.3. The quantitative estimate of drug-likeness (QED) is 0.409. The number of benzene rings is 1. The van der Waals surface area contributed by atoms with Gasteiger partial charge < -0.3 is 16.4 Å². The normalized spacial score (nSPS) is 10.5. The highest BCUT2D eigenvalue weighted by Crippen LogP contribution is 2.27. The van der Waals surface area contributed by atoms with Crippen LogP contribution < -0.4 is 16.4 Å². The molecular weight excluding hydrogens is 338 g/mol. The van der Waals surface area contributed by atoms with Gasteiger partial charge in [-0.05, 0) is 43.0 Å². The number of nitrogen functional groups attached to an aromatic ring is 1. The lowest BCUT2D eigenvalue weighted by Gasteiger charge is -2.08. The van der Waals surface area contributed by atoms with Crippen LogP contribution in [0.5, 0.6) is 0 Å². The summed E-state index contributed by atoms with van der Waals surface area (Å²) in [7, 11) is 1.56. The molecule has 0 bridgehead atoms. The zero-order valence-corrected chi connectivity index (χ0v) is 14.5. The lowest BCUT2D eigenvalue weighted by molar-refractivity contribution is 0.0957. The molecule has 0 aliphatic carbocycles. The molecule has 1 amide bonds. The van der Waals surface area contributed by atoms with Crippen molar-refractivity contribution in [2.75, 3.05) is 18.1 Å². The van der Waals surface area contributed by atoms with Gasteiger partial charge in [-0.2, -0.15) is 5.10 Å². The zero-order valence-electron chi connectivity index (χ0n) is 13.7. The number of aromatic amines is 1. The number of anilines is 3. The summed E-state index contributed by atoms with van der Waals surface area (Å²) in [4.78, 5) is 21.7. The number of nitrogens with zero attached hydrogens (tertiary/aromatic N) is 3. The Balaban J connectivity index is 1.91. The number of carbonyl (C=O) groups is 1. The maximum absolute atomic E-state index is 12.0. The predicted octanol–water partition coefficient (Wildman–Crippen LogP) is 2.34. The van der Waals surface area contributed by atoms with E-state index in [2.05, 4.69) is 30.8 Å². The largest absolute Gasteiger partial charge is 0.399 e. The number of carbonyl (C=O) groups excluding carboxylic acids is 1. The van der Waals surface area contributed by atoms with Crippen LogP contribution in [0.3, 0.4) is 0 Å². The molecule has 0 aliphatic heterocycles. The van der Waals surface area contributed by atoms with Gasteiger partial charge >= 0.3 is 0 Å². The topological polar surface area (TPSA) is 122 Å². The number of aromatic nitrogens is 4. The fraction of sp³-hybridized carbons (Fsp3) is 0.125. The monoisotopic (exact) mass is 355 g/mol. The third kappa shape index (κ3) is 4.27. The van der Waals surface area contributed by atoms with Crippen LogP contribution in [-0.2, 0) is 0 Å². The Morgan fingerprint density at radius 2 is 1.92 bits per heavy atom. The second kappa shape index (κ2) is 7.22. The molecule has 128 valence electrons.